The molecule has 0 atom stereocenters. The molecule has 4 heteroatoms. The fraction of sp³-hybridized carbons (Fsp3) is 0.353. The molecule has 0 saturated carbocycles. The Morgan fingerprint density at radius 2 is 1.95 bits per heavy atom. The first kappa shape index (κ1) is 15.2. The molecule has 0 fully saturated rings. The summed E-state index contributed by atoms with van der Waals surface area (Å²) in [5, 5.41) is 1.94. The summed E-state index contributed by atoms with van der Waals surface area (Å²) in [7, 11) is 1.40. The van der Waals surface area contributed by atoms with Crippen LogP contribution in [0.25, 0.3) is 5.70 Å². The Labute approximate surface area is 126 Å². The molecule has 1 aliphatic rings. The van der Waals surface area contributed by atoms with Gasteiger partial charge in [-0.05, 0) is 24.5 Å². The van der Waals surface area contributed by atoms with Crippen LogP contribution in [0, 0.1) is 12.8 Å². The van der Waals surface area contributed by atoms with Crippen molar-refractivity contribution >= 4 is 11.7 Å². The minimum Gasteiger partial charge on any atom is -0.465 e. The number of aryl methyl sites for hydroxylation is 1. The van der Waals surface area contributed by atoms with E-state index < -0.39 is 0 Å². The van der Waals surface area contributed by atoms with Crippen LogP contribution in [0.1, 0.15) is 25.0 Å². The van der Waals surface area contributed by atoms with Gasteiger partial charge in [0.05, 0.1) is 18.4 Å². The highest BCUT2D eigenvalue weighted by molar-refractivity contribution is 5.94. The lowest BCUT2D eigenvalue weighted by Gasteiger charge is -2.30. The number of rotatable bonds is 4. The second-order valence-electron chi connectivity index (χ2n) is 5.66. The van der Waals surface area contributed by atoms with Crippen LogP contribution < -0.4 is 5.43 Å². The third-order valence-corrected chi connectivity index (χ3v) is 3.20. The van der Waals surface area contributed by atoms with Gasteiger partial charge in [0, 0.05) is 12.7 Å². The lowest BCUT2D eigenvalue weighted by atomic mass is 10.1. The van der Waals surface area contributed by atoms with E-state index in [1.807, 2.05) is 23.2 Å². The van der Waals surface area contributed by atoms with Gasteiger partial charge >= 0.3 is 5.97 Å². The van der Waals surface area contributed by atoms with Gasteiger partial charge < -0.3 is 4.74 Å². The molecule has 0 aliphatic carbocycles. The molecule has 0 spiro atoms. The summed E-state index contributed by atoms with van der Waals surface area (Å²) in [4.78, 5) is 11.8. The largest absolute Gasteiger partial charge is 0.465 e. The van der Waals surface area contributed by atoms with Crippen molar-refractivity contribution in [3.05, 3.63) is 53.2 Å². The smallest absolute Gasteiger partial charge is 0.339 e. The second-order valence-corrected chi connectivity index (χ2v) is 5.66. The van der Waals surface area contributed by atoms with Crippen molar-refractivity contribution in [3.63, 3.8) is 0 Å². The molecular weight excluding hydrogens is 264 g/mol. The van der Waals surface area contributed by atoms with E-state index in [4.69, 9.17) is 4.74 Å². The number of ether oxygens (including phenoxy) is 1. The number of nitrogens with one attached hydrogen (secondary N) is 1. The summed E-state index contributed by atoms with van der Waals surface area (Å²) in [5.41, 5.74) is 7.04. The maximum atomic E-state index is 11.8. The fourth-order valence-corrected chi connectivity index (χ4v) is 2.18. The number of benzene rings is 1. The number of esters is 1. The van der Waals surface area contributed by atoms with Crippen LogP contribution in [-0.4, -0.2) is 24.6 Å². The number of methoxy groups -OCH3 is 1. The maximum Gasteiger partial charge on any atom is 0.339 e. The predicted molar refractivity (Wildman–Crippen MR) is 83.9 cm³/mol. The van der Waals surface area contributed by atoms with Crippen LogP contribution in [-0.2, 0) is 9.53 Å². The summed E-state index contributed by atoms with van der Waals surface area (Å²) in [6.45, 7) is 7.13. The average Bonchev–Trinajstić information content (AvgIpc) is 2.46. The van der Waals surface area contributed by atoms with E-state index in [0.717, 1.165) is 17.8 Å². The van der Waals surface area contributed by atoms with Crippen LogP contribution in [0.2, 0.25) is 0 Å². The molecule has 4 nitrogen and oxygen atoms in total. The molecule has 0 radical (unpaired) electrons. The monoisotopic (exact) mass is 286 g/mol. The van der Waals surface area contributed by atoms with E-state index in [1.165, 1.54) is 12.7 Å². The summed E-state index contributed by atoms with van der Waals surface area (Å²) in [6, 6.07) is 8.20. The van der Waals surface area contributed by atoms with E-state index in [0.29, 0.717) is 11.5 Å². The van der Waals surface area contributed by atoms with Crippen LogP contribution in [0.4, 0.5) is 0 Å². The van der Waals surface area contributed by atoms with Crippen LogP contribution in [0.15, 0.2) is 42.1 Å². The van der Waals surface area contributed by atoms with Gasteiger partial charge in [0.1, 0.15) is 0 Å². The van der Waals surface area contributed by atoms with Crippen LogP contribution >= 0.6 is 0 Å². The molecule has 2 rings (SSSR count). The number of carbonyl (C=O) groups excluding carboxylic acids is 1. The van der Waals surface area contributed by atoms with E-state index in [2.05, 4.69) is 38.3 Å². The summed E-state index contributed by atoms with van der Waals surface area (Å²) in [5.74, 6) is 0.153. The third kappa shape index (κ3) is 3.88. The van der Waals surface area contributed by atoms with Gasteiger partial charge in [-0.25, -0.2) is 4.79 Å². The van der Waals surface area contributed by atoms with Crippen molar-refractivity contribution in [1.29, 1.82) is 0 Å². The SMILES string of the molecule is COC(=O)C1=CN(CC(C)C)NC(c2ccc(C)cc2)=C1. The van der Waals surface area contributed by atoms with E-state index in [1.54, 1.807) is 6.20 Å². The first-order valence-electron chi connectivity index (χ1n) is 7.11. The molecule has 112 valence electrons. The number of hydrogen-bond acceptors (Lipinski definition) is 4. The first-order chi connectivity index (χ1) is 9.99. The average molecular weight is 286 g/mol. The minimum absolute atomic E-state index is 0.324. The van der Waals surface area contributed by atoms with Crippen molar-refractivity contribution in [2.45, 2.75) is 20.8 Å². The molecule has 0 saturated heterocycles. The number of hydrazine groups is 1. The Bertz CT molecular complexity index is 571. The number of hydrogen-bond donors (Lipinski definition) is 1. The van der Waals surface area contributed by atoms with Gasteiger partial charge in [-0.1, -0.05) is 43.7 Å². The third-order valence-electron chi connectivity index (χ3n) is 3.20. The van der Waals surface area contributed by atoms with Gasteiger partial charge in [-0.3, -0.25) is 10.4 Å². The normalized spacial score (nSPS) is 14.4. The molecule has 1 aromatic rings. The molecule has 0 aromatic heterocycles. The Balaban J connectivity index is 2.31. The highest BCUT2D eigenvalue weighted by atomic mass is 16.5. The number of nitrogens with zero attached hydrogens (tertiary/aromatic N) is 1. The van der Waals surface area contributed by atoms with Crippen LogP contribution in [0.5, 0.6) is 0 Å². The molecule has 0 unspecified atom stereocenters. The lowest BCUT2D eigenvalue weighted by molar-refractivity contribution is -0.135. The summed E-state index contributed by atoms with van der Waals surface area (Å²) < 4.78 is 4.84. The molecule has 1 N–H and O–H groups in total. The minimum atomic E-state index is -0.324. The van der Waals surface area contributed by atoms with E-state index >= 15 is 0 Å². The quantitative estimate of drug-likeness (QED) is 0.864. The van der Waals surface area contributed by atoms with Gasteiger partial charge in [0.2, 0.25) is 0 Å². The number of carbonyl (C=O) groups is 1. The molecule has 0 bridgehead atoms. The predicted octanol–water partition coefficient (Wildman–Crippen LogP) is 2.87. The Morgan fingerprint density at radius 3 is 2.52 bits per heavy atom. The summed E-state index contributed by atoms with van der Waals surface area (Å²) in [6.07, 6.45) is 3.62. The molecule has 1 aromatic carbocycles. The molecular formula is C17H22N2O2. The zero-order valence-corrected chi connectivity index (χ0v) is 13.0. The van der Waals surface area contributed by atoms with Crippen molar-refractivity contribution in [2.75, 3.05) is 13.7 Å². The lowest BCUT2D eigenvalue weighted by Crippen LogP contribution is -2.38. The standard InChI is InChI=1S/C17H22N2O2/c1-12(2)10-19-11-15(17(20)21-4)9-16(18-19)14-7-5-13(3)6-8-14/h5-9,11-12,18H,10H2,1-4H3. The van der Waals surface area contributed by atoms with Gasteiger partial charge in [0.25, 0.3) is 0 Å². The van der Waals surface area contributed by atoms with Crippen molar-refractivity contribution < 1.29 is 9.53 Å². The molecule has 21 heavy (non-hydrogen) atoms. The highest BCUT2D eigenvalue weighted by Gasteiger charge is 2.18. The second kappa shape index (κ2) is 6.48. The Hall–Kier alpha value is -2.23. The van der Waals surface area contributed by atoms with Gasteiger partial charge in [-0.15, -0.1) is 0 Å². The molecule has 1 heterocycles. The molecule has 0 amide bonds. The van der Waals surface area contributed by atoms with Gasteiger partial charge in [0.15, 0.2) is 0 Å². The highest BCUT2D eigenvalue weighted by Crippen LogP contribution is 2.20. The van der Waals surface area contributed by atoms with Crippen molar-refractivity contribution in [3.8, 4) is 0 Å². The van der Waals surface area contributed by atoms with Gasteiger partial charge in [-0.2, -0.15) is 0 Å². The van der Waals surface area contributed by atoms with Crippen molar-refractivity contribution in [2.24, 2.45) is 5.92 Å². The first-order valence-corrected chi connectivity index (χ1v) is 7.11. The van der Waals surface area contributed by atoms with Crippen LogP contribution in [0.3, 0.4) is 0 Å². The Kier molecular flexibility index (Phi) is 4.68. The molecule has 1 aliphatic heterocycles. The van der Waals surface area contributed by atoms with E-state index in [-0.39, 0.29) is 5.97 Å². The van der Waals surface area contributed by atoms with E-state index in [9.17, 15) is 4.79 Å². The van der Waals surface area contributed by atoms with Crippen molar-refractivity contribution in [1.82, 2.24) is 10.4 Å². The fourth-order valence-electron chi connectivity index (χ4n) is 2.18. The topological polar surface area (TPSA) is 41.6 Å². The Morgan fingerprint density at radius 1 is 1.29 bits per heavy atom. The zero-order chi connectivity index (χ0) is 15.4. The zero-order valence-electron chi connectivity index (χ0n) is 13.0. The maximum absolute atomic E-state index is 11.8. The summed E-state index contributed by atoms with van der Waals surface area (Å²) >= 11 is 0.